The normalized spacial score (nSPS) is 13.1. The molecule has 0 saturated heterocycles. The number of nitrogens with zero attached hydrogens (tertiary/aromatic N) is 4. The lowest BCUT2D eigenvalue weighted by molar-refractivity contribution is 0.307. The Bertz CT molecular complexity index is 374. The molecule has 0 saturated carbocycles. The van der Waals surface area contributed by atoms with Crippen LogP contribution >= 0.6 is 11.8 Å². The van der Waals surface area contributed by atoms with Gasteiger partial charge in [-0.3, -0.25) is 0 Å². The maximum Gasteiger partial charge on any atom is 0.185 e. The van der Waals surface area contributed by atoms with Crippen LogP contribution in [0.15, 0.2) is 16.6 Å². The van der Waals surface area contributed by atoms with E-state index < -0.39 is 0 Å². The Hall–Kier alpha value is -1.24. The summed E-state index contributed by atoms with van der Waals surface area (Å²) in [5, 5.41) is 16.5. The lowest BCUT2D eigenvalue weighted by Gasteiger charge is -2.22. The number of aromatic nitrogens is 3. The topological polar surface area (TPSA) is 89.3 Å². The van der Waals surface area contributed by atoms with Gasteiger partial charge in [-0.05, 0) is 6.42 Å². The molecular weight excluding hydrogens is 226 g/mol. The predicted octanol–water partition coefficient (Wildman–Crippen LogP) is 1.07. The van der Waals surface area contributed by atoms with Crippen molar-refractivity contribution in [2.45, 2.75) is 25.4 Å². The number of hydrogen-bond donors (Lipinski definition) is 2. The second-order valence-electron chi connectivity index (χ2n) is 4.13. The Kier molecular flexibility index (Phi) is 4.17. The molecule has 0 spiro atoms. The van der Waals surface area contributed by atoms with Crippen molar-refractivity contribution in [3.8, 4) is 0 Å². The first-order chi connectivity index (χ1) is 7.47. The molecule has 7 heteroatoms. The fourth-order valence-electron chi connectivity index (χ4n) is 1.08. The molecule has 1 aromatic heterocycles. The SMILES string of the molecule is Cn1ncnc1SCCC(C)(C)C(N)=NO. The highest BCUT2D eigenvalue weighted by Gasteiger charge is 2.23. The number of amidine groups is 1. The largest absolute Gasteiger partial charge is 0.409 e. The second kappa shape index (κ2) is 5.20. The van der Waals surface area contributed by atoms with E-state index in [1.165, 1.54) is 6.33 Å². The van der Waals surface area contributed by atoms with E-state index in [0.717, 1.165) is 17.3 Å². The molecule has 0 aliphatic heterocycles. The van der Waals surface area contributed by atoms with Crippen LogP contribution in [-0.4, -0.2) is 31.6 Å². The van der Waals surface area contributed by atoms with Crippen LogP contribution in [0.2, 0.25) is 0 Å². The summed E-state index contributed by atoms with van der Waals surface area (Å²) >= 11 is 1.61. The maximum absolute atomic E-state index is 8.63. The van der Waals surface area contributed by atoms with Gasteiger partial charge in [-0.2, -0.15) is 5.10 Å². The predicted molar refractivity (Wildman–Crippen MR) is 63.5 cm³/mol. The molecule has 0 radical (unpaired) electrons. The van der Waals surface area contributed by atoms with Crippen LogP contribution in [0.25, 0.3) is 0 Å². The monoisotopic (exact) mass is 243 g/mol. The molecular formula is C9H17N5OS. The van der Waals surface area contributed by atoms with E-state index in [2.05, 4.69) is 15.2 Å². The van der Waals surface area contributed by atoms with Crippen molar-refractivity contribution in [1.29, 1.82) is 0 Å². The third-order valence-corrected chi connectivity index (χ3v) is 3.47. The zero-order valence-corrected chi connectivity index (χ0v) is 10.5. The van der Waals surface area contributed by atoms with Crippen molar-refractivity contribution in [3.63, 3.8) is 0 Å². The Balaban J connectivity index is 2.44. The van der Waals surface area contributed by atoms with E-state index in [0.29, 0.717) is 0 Å². The second-order valence-corrected chi connectivity index (χ2v) is 5.20. The first-order valence-corrected chi connectivity index (χ1v) is 5.91. The standard InChI is InChI=1S/C9H17N5OS/c1-9(2,7(10)13-15)4-5-16-8-11-6-12-14(8)3/h6,15H,4-5H2,1-3H3,(H2,10,13). The molecule has 0 bridgehead atoms. The van der Waals surface area contributed by atoms with Crippen LogP contribution < -0.4 is 5.73 Å². The minimum Gasteiger partial charge on any atom is -0.409 e. The summed E-state index contributed by atoms with van der Waals surface area (Å²) in [5.41, 5.74) is 5.29. The van der Waals surface area contributed by atoms with Crippen molar-refractivity contribution in [3.05, 3.63) is 6.33 Å². The zero-order chi connectivity index (χ0) is 12.2. The number of rotatable bonds is 5. The smallest absolute Gasteiger partial charge is 0.185 e. The Morgan fingerprint density at radius 1 is 1.69 bits per heavy atom. The van der Waals surface area contributed by atoms with Crippen molar-refractivity contribution in [1.82, 2.24) is 14.8 Å². The van der Waals surface area contributed by atoms with Gasteiger partial charge in [-0.15, -0.1) is 0 Å². The first-order valence-electron chi connectivity index (χ1n) is 4.92. The number of nitrogens with two attached hydrogens (primary N) is 1. The van der Waals surface area contributed by atoms with Crippen LogP contribution in [0, 0.1) is 5.41 Å². The number of oxime groups is 1. The summed E-state index contributed by atoms with van der Waals surface area (Å²) in [6, 6.07) is 0. The van der Waals surface area contributed by atoms with Gasteiger partial charge in [-0.1, -0.05) is 30.8 Å². The van der Waals surface area contributed by atoms with Crippen molar-refractivity contribution in [2.75, 3.05) is 5.75 Å². The third kappa shape index (κ3) is 3.13. The molecule has 90 valence electrons. The Labute approximate surface area is 98.9 Å². The average Bonchev–Trinajstić information content (AvgIpc) is 2.63. The van der Waals surface area contributed by atoms with E-state index in [-0.39, 0.29) is 11.3 Å². The molecule has 0 fully saturated rings. The molecule has 0 unspecified atom stereocenters. The van der Waals surface area contributed by atoms with E-state index in [1.807, 2.05) is 20.9 Å². The zero-order valence-electron chi connectivity index (χ0n) is 9.71. The van der Waals surface area contributed by atoms with Crippen LogP contribution in [0.5, 0.6) is 0 Å². The summed E-state index contributed by atoms with van der Waals surface area (Å²) < 4.78 is 1.72. The minimum atomic E-state index is -0.305. The summed E-state index contributed by atoms with van der Waals surface area (Å²) in [7, 11) is 1.85. The highest BCUT2D eigenvalue weighted by Crippen LogP contribution is 2.25. The molecule has 0 atom stereocenters. The van der Waals surface area contributed by atoms with Gasteiger partial charge >= 0.3 is 0 Å². The molecule has 0 aromatic carbocycles. The molecule has 1 heterocycles. The van der Waals surface area contributed by atoms with Gasteiger partial charge in [0.1, 0.15) is 12.2 Å². The van der Waals surface area contributed by atoms with E-state index in [9.17, 15) is 0 Å². The quantitative estimate of drug-likeness (QED) is 0.265. The van der Waals surface area contributed by atoms with Gasteiger partial charge < -0.3 is 10.9 Å². The molecule has 0 amide bonds. The molecule has 1 aromatic rings. The van der Waals surface area contributed by atoms with Crippen LogP contribution in [0.4, 0.5) is 0 Å². The lowest BCUT2D eigenvalue weighted by atomic mass is 9.89. The van der Waals surface area contributed by atoms with Gasteiger partial charge in [0, 0.05) is 18.2 Å². The van der Waals surface area contributed by atoms with Gasteiger partial charge in [0.2, 0.25) is 0 Å². The highest BCUT2D eigenvalue weighted by molar-refractivity contribution is 7.99. The van der Waals surface area contributed by atoms with Crippen molar-refractivity contribution >= 4 is 17.6 Å². The summed E-state index contributed by atoms with van der Waals surface area (Å²) in [4.78, 5) is 4.10. The van der Waals surface area contributed by atoms with Gasteiger partial charge in [-0.25, -0.2) is 9.67 Å². The summed E-state index contributed by atoms with van der Waals surface area (Å²) in [6.07, 6.45) is 2.33. The van der Waals surface area contributed by atoms with Gasteiger partial charge in [0.05, 0.1) is 0 Å². The minimum absolute atomic E-state index is 0.256. The molecule has 6 nitrogen and oxygen atoms in total. The maximum atomic E-state index is 8.63. The fourth-order valence-corrected chi connectivity index (χ4v) is 2.23. The van der Waals surface area contributed by atoms with Crippen LogP contribution in [-0.2, 0) is 7.05 Å². The van der Waals surface area contributed by atoms with Crippen molar-refractivity contribution < 1.29 is 5.21 Å². The van der Waals surface area contributed by atoms with E-state index in [1.54, 1.807) is 16.4 Å². The van der Waals surface area contributed by atoms with Crippen LogP contribution in [0.1, 0.15) is 20.3 Å². The molecule has 0 aliphatic carbocycles. The molecule has 1 rings (SSSR count). The van der Waals surface area contributed by atoms with Crippen molar-refractivity contribution in [2.24, 2.45) is 23.4 Å². The highest BCUT2D eigenvalue weighted by atomic mass is 32.2. The first kappa shape index (κ1) is 12.8. The lowest BCUT2D eigenvalue weighted by Crippen LogP contribution is -2.32. The molecule has 3 N–H and O–H groups in total. The summed E-state index contributed by atoms with van der Waals surface area (Å²) in [6.45, 7) is 3.89. The Morgan fingerprint density at radius 2 is 2.38 bits per heavy atom. The number of hydrogen-bond acceptors (Lipinski definition) is 5. The Morgan fingerprint density at radius 3 is 2.88 bits per heavy atom. The number of aryl methyl sites for hydroxylation is 1. The van der Waals surface area contributed by atoms with Gasteiger partial charge in [0.25, 0.3) is 0 Å². The molecule has 16 heavy (non-hydrogen) atoms. The molecule has 0 aliphatic rings. The summed E-state index contributed by atoms with van der Waals surface area (Å²) in [5.74, 6) is 1.10. The fraction of sp³-hybridized carbons (Fsp3) is 0.667. The van der Waals surface area contributed by atoms with Crippen LogP contribution in [0.3, 0.4) is 0 Å². The van der Waals surface area contributed by atoms with Gasteiger partial charge in [0.15, 0.2) is 5.16 Å². The average molecular weight is 243 g/mol. The van der Waals surface area contributed by atoms with E-state index in [4.69, 9.17) is 10.9 Å². The number of thioether (sulfide) groups is 1. The third-order valence-electron chi connectivity index (χ3n) is 2.43. The van der Waals surface area contributed by atoms with E-state index >= 15 is 0 Å².